The normalized spacial score (nSPS) is 12.8. The van der Waals surface area contributed by atoms with Gasteiger partial charge in [0.05, 0.1) is 15.8 Å². The molecular formula is C23H27Cl2FN2O2S. The van der Waals surface area contributed by atoms with Crippen molar-refractivity contribution in [3.63, 3.8) is 0 Å². The van der Waals surface area contributed by atoms with E-state index in [0.29, 0.717) is 21.4 Å². The van der Waals surface area contributed by atoms with E-state index in [4.69, 9.17) is 23.2 Å². The van der Waals surface area contributed by atoms with E-state index in [-0.39, 0.29) is 30.2 Å². The topological polar surface area (TPSA) is 49.4 Å². The Hall–Kier alpha value is -1.76. The second kappa shape index (κ2) is 12.3. The third-order valence-corrected chi connectivity index (χ3v) is 6.67. The molecule has 0 fully saturated rings. The Kier molecular flexibility index (Phi) is 10.1. The summed E-state index contributed by atoms with van der Waals surface area (Å²) in [5.41, 5.74) is 1.31. The Bertz CT molecular complexity index is 913. The number of hydrogen-bond acceptors (Lipinski definition) is 3. The van der Waals surface area contributed by atoms with Crippen molar-refractivity contribution < 1.29 is 14.0 Å². The SMILES string of the molecule is CC[C@H](C)NC(=O)[C@H](C)N(Cc1ccccc1F)C(=O)CSCc1ccc(Cl)c(Cl)c1. The van der Waals surface area contributed by atoms with Crippen LogP contribution in [0, 0.1) is 5.82 Å². The molecule has 0 aliphatic carbocycles. The summed E-state index contributed by atoms with van der Waals surface area (Å²) >= 11 is 13.4. The summed E-state index contributed by atoms with van der Waals surface area (Å²) in [6, 6.07) is 10.9. The predicted molar refractivity (Wildman–Crippen MR) is 127 cm³/mol. The zero-order valence-corrected chi connectivity index (χ0v) is 20.2. The number of benzene rings is 2. The van der Waals surface area contributed by atoms with Crippen molar-refractivity contribution in [1.29, 1.82) is 0 Å². The number of thioether (sulfide) groups is 1. The largest absolute Gasteiger partial charge is 0.352 e. The summed E-state index contributed by atoms with van der Waals surface area (Å²) in [6.07, 6.45) is 0.777. The van der Waals surface area contributed by atoms with Crippen LogP contribution in [0.5, 0.6) is 0 Å². The lowest BCUT2D eigenvalue weighted by molar-refractivity contribution is -0.139. The van der Waals surface area contributed by atoms with E-state index in [1.54, 1.807) is 37.3 Å². The summed E-state index contributed by atoms with van der Waals surface area (Å²) in [6.45, 7) is 5.56. The van der Waals surface area contributed by atoms with Crippen molar-refractivity contribution in [2.24, 2.45) is 0 Å². The van der Waals surface area contributed by atoms with Gasteiger partial charge in [-0.3, -0.25) is 9.59 Å². The van der Waals surface area contributed by atoms with Gasteiger partial charge in [-0.1, -0.05) is 54.4 Å². The molecule has 2 aromatic carbocycles. The number of nitrogens with zero attached hydrogens (tertiary/aromatic N) is 1. The van der Waals surface area contributed by atoms with Gasteiger partial charge in [0.25, 0.3) is 0 Å². The smallest absolute Gasteiger partial charge is 0.242 e. The zero-order valence-electron chi connectivity index (χ0n) is 17.8. The summed E-state index contributed by atoms with van der Waals surface area (Å²) in [4.78, 5) is 27.1. The van der Waals surface area contributed by atoms with E-state index in [2.05, 4.69) is 5.32 Å². The van der Waals surface area contributed by atoms with Crippen molar-refractivity contribution >= 4 is 46.8 Å². The number of rotatable bonds is 10. The lowest BCUT2D eigenvalue weighted by atomic mass is 10.1. The first-order chi connectivity index (χ1) is 14.7. The van der Waals surface area contributed by atoms with Gasteiger partial charge in [-0.2, -0.15) is 0 Å². The minimum atomic E-state index is -0.730. The molecule has 0 aliphatic rings. The van der Waals surface area contributed by atoms with E-state index < -0.39 is 11.9 Å². The highest BCUT2D eigenvalue weighted by atomic mass is 35.5. The van der Waals surface area contributed by atoms with Crippen molar-refractivity contribution in [2.45, 2.75) is 51.6 Å². The molecule has 4 nitrogen and oxygen atoms in total. The molecule has 0 heterocycles. The van der Waals surface area contributed by atoms with Crippen molar-refractivity contribution in [3.8, 4) is 0 Å². The third kappa shape index (κ3) is 7.70. The molecule has 0 unspecified atom stereocenters. The fourth-order valence-electron chi connectivity index (χ4n) is 2.83. The maximum absolute atomic E-state index is 14.2. The lowest BCUT2D eigenvalue weighted by Gasteiger charge is -2.29. The fourth-order valence-corrected chi connectivity index (χ4v) is 4.01. The average Bonchev–Trinajstić information content (AvgIpc) is 2.74. The highest BCUT2D eigenvalue weighted by molar-refractivity contribution is 7.99. The van der Waals surface area contributed by atoms with Crippen LogP contribution < -0.4 is 5.32 Å². The minimum absolute atomic E-state index is 0.00982. The Balaban J connectivity index is 2.10. The van der Waals surface area contributed by atoms with Gasteiger partial charge in [-0.15, -0.1) is 11.8 Å². The van der Waals surface area contributed by atoms with Crippen LogP contribution in [0.1, 0.15) is 38.3 Å². The second-order valence-corrected chi connectivity index (χ2v) is 9.15. The molecule has 2 atom stereocenters. The first-order valence-electron chi connectivity index (χ1n) is 10.1. The van der Waals surface area contributed by atoms with Crippen LogP contribution in [0.4, 0.5) is 4.39 Å². The fraction of sp³-hybridized carbons (Fsp3) is 0.391. The highest BCUT2D eigenvalue weighted by Crippen LogP contribution is 2.25. The number of carbonyl (C=O) groups excluding carboxylic acids is 2. The van der Waals surface area contributed by atoms with E-state index in [1.165, 1.54) is 22.7 Å². The predicted octanol–water partition coefficient (Wildman–Crippen LogP) is 5.70. The molecule has 0 radical (unpaired) electrons. The molecule has 31 heavy (non-hydrogen) atoms. The molecule has 2 rings (SSSR count). The van der Waals surface area contributed by atoms with Crippen LogP contribution in [0.2, 0.25) is 10.0 Å². The van der Waals surface area contributed by atoms with E-state index >= 15 is 0 Å². The first kappa shape index (κ1) is 25.5. The molecule has 0 saturated heterocycles. The molecule has 2 aromatic rings. The van der Waals surface area contributed by atoms with Gasteiger partial charge in [-0.25, -0.2) is 4.39 Å². The van der Waals surface area contributed by atoms with Gasteiger partial charge in [-0.05, 0) is 44.0 Å². The average molecular weight is 485 g/mol. The van der Waals surface area contributed by atoms with Crippen LogP contribution in [-0.4, -0.2) is 34.6 Å². The molecule has 1 N–H and O–H groups in total. The van der Waals surface area contributed by atoms with Crippen molar-refractivity contribution in [2.75, 3.05) is 5.75 Å². The molecule has 0 saturated carbocycles. The summed E-state index contributed by atoms with van der Waals surface area (Å²) in [7, 11) is 0. The summed E-state index contributed by atoms with van der Waals surface area (Å²) in [5, 5.41) is 3.83. The monoisotopic (exact) mass is 484 g/mol. The van der Waals surface area contributed by atoms with Gasteiger partial charge < -0.3 is 10.2 Å². The second-order valence-electron chi connectivity index (χ2n) is 7.35. The summed E-state index contributed by atoms with van der Waals surface area (Å²) < 4.78 is 14.2. The number of hydrogen-bond donors (Lipinski definition) is 1. The first-order valence-corrected chi connectivity index (χ1v) is 12.0. The lowest BCUT2D eigenvalue weighted by Crippen LogP contribution is -2.50. The van der Waals surface area contributed by atoms with Crippen LogP contribution >= 0.6 is 35.0 Å². The van der Waals surface area contributed by atoms with E-state index in [0.717, 1.165) is 12.0 Å². The Morgan fingerprint density at radius 3 is 2.48 bits per heavy atom. The quantitative estimate of drug-likeness (QED) is 0.470. The highest BCUT2D eigenvalue weighted by Gasteiger charge is 2.27. The van der Waals surface area contributed by atoms with Crippen LogP contribution in [0.3, 0.4) is 0 Å². The Labute approximate surface area is 197 Å². The van der Waals surface area contributed by atoms with E-state index in [9.17, 15) is 14.0 Å². The Morgan fingerprint density at radius 2 is 1.84 bits per heavy atom. The van der Waals surface area contributed by atoms with Crippen molar-refractivity contribution in [3.05, 3.63) is 69.5 Å². The molecular weight excluding hydrogens is 458 g/mol. The van der Waals surface area contributed by atoms with Crippen LogP contribution in [0.25, 0.3) is 0 Å². The minimum Gasteiger partial charge on any atom is -0.352 e. The molecule has 0 aliphatic heterocycles. The zero-order chi connectivity index (χ0) is 23.0. The molecule has 0 spiro atoms. The molecule has 8 heteroatoms. The van der Waals surface area contributed by atoms with Crippen LogP contribution in [-0.2, 0) is 21.9 Å². The maximum Gasteiger partial charge on any atom is 0.242 e. The van der Waals surface area contributed by atoms with E-state index in [1.807, 2.05) is 19.9 Å². The standard InChI is InChI=1S/C23H27Cl2FN2O2S/c1-4-15(2)27-23(30)16(3)28(12-18-7-5-6-8-21(18)26)22(29)14-31-13-17-9-10-19(24)20(25)11-17/h5-11,15-16H,4,12-14H2,1-3H3,(H,27,30)/t15-,16-/m0/s1. The van der Waals surface area contributed by atoms with Gasteiger partial charge in [0, 0.05) is 23.9 Å². The molecule has 0 bridgehead atoms. The number of amides is 2. The molecule has 0 aromatic heterocycles. The number of nitrogens with one attached hydrogen (secondary N) is 1. The maximum atomic E-state index is 14.2. The van der Waals surface area contributed by atoms with Crippen molar-refractivity contribution in [1.82, 2.24) is 10.2 Å². The van der Waals surface area contributed by atoms with Gasteiger partial charge in [0.1, 0.15) is 11.9 Å². The van der Waals surface area contributed by atoms with Gasteiger partial charge in [0.2, 0.25) is 11.8 Å². The van der Waals surface area contributed by atoms with Gasteiger partial charge in [0.15, 0.2) is 0 Å². The van der Waals surface area contributed by atoms with Crippen LogP contribution in [0.15, 0.2) is 42.5 Å². The van der Waals surface area contributed by atoms with Gasteiger partial charge >= 0.3 is 0 Å². The Morgan fingerprint density at radius 1 is 1.13 bits per heavy atom. The summed E-state index contributed by atoms with van der Waals surface area (Å²) in [5.74, 6) is -0.189. The number of halogens is 3. The number of carbonyl (C=O) groups is 2. The third-order valence-electron chi connectivity index (χ3n) is 4.95. The molecule has 168 valence electrons. The molecule has 2 amide bonds.